The van der Waals surface area contributed by atoms with E-state index in [1.165, 1.54) is 5.56 Å². The Kier molecular flexibility index (Phi) is 3.45. The maximum Gasteiger partial charge on any atom is 0.324 e. The zero-order valence-corrected chi connectivity index (χ0v) is 10.7. The van der Waals surface area contributed by atoms with Gasteiger partial charge >= 0.3 is 5.97 Å². The second-order valence-electron chi connectivity index (χ2n) is 4.67. The van der Waals surface area contributed by atoms with Crippen LogP contribution in [0.4, 0.5) is 0 Å². The molecule has 0 radical (unpaired) electrons. The van der Waals surface area contributed by atoms with Gasteiger partial charge in [-0.3, -0.25) is 4.79 Å². The summed E-state index contributed by atoms with van der Waals surface area (Å²) in [6.07, 6.45) is 1.88. The molecule has 2 rings (SSSR count). The van der Waals surface area contributed by atoms with Crippen LogP contribution in [0, 0.1) is 12.8 Å². The molecule has 1 unspecified atom stereocenters. The number of benzene rings is 1. The zero-order chi connectivity index (χ0) is 12.5. The van der Waals surface area contributed by atoms with E-state index < -0.39 is 11.5 Å². The van der Waals surface area contributed by atoms with Gasteiger partial charge in [0.1, 0.15) is 5.54 Å². The molecule has 3 nitrogen and oxygen atoms in total. The minimum absolute atomic E-state index is 0.150. The molecule has 1 aromatic rings. The van der Waals surface area contributed by atoms with Crippen molar-refractivity contribution >= 4 is 17.7 Å². The number of aliphatic carboxylic acids is 1. The Morgan fingerprint density at radius 3 is 2.71 bits per heavy atom. The summed E-state index contributed by atoms with van der Waals surface area (Å²) < 4.78 is 0. The van der Waals surface area contributed by atoms with E-state index in [2.05, 4.69) is 0 Å². The van der Waals surface area contributed by atoms with Crippen LogP contribution in [0.5, 0.6) is 0 Å². The van der Waals surface area contributed by atoms with Crippen molar-refractivity contribution in [3.63, 3.8) is 0 Å². The third kappa shape index (κ3) is 2.64. The largest absolute Gasteiger partial charge is 0.480 e. The van der Waals surface area contributed by atoms with Crippen molar-refractivity contribution in [3.8, 4) is 0 Å². The molecule has 92 valence electrons. The Morgan fingerprint density at radius 1 is 1.53 bits per heavy atom. The van der Waals surface area contributed by atoms with E-state index in [9.17, 15) is 9.90 Å². The average molecular weight is 251 g/mol. The lowest BCUT2D eigenvalue weighted by Crippen LogP contribution is -2.52. The molecule has 1 atom stereocenters. The fourth-order valence-electron chi connectivity index (χ4n) is 1.87. The topological polar surface area (TPSA) is 63.3 Å². The lowest BCUT2D eigenvalue weighted by molar-refractivity contribution is -0.143. The summed E-state index contributed by atoms with van der Waals surface area (Å²) in [5.74, 6) is -0.282. The molecule has 1 aliphatic carbocycles. The minimum Gasteiger partial charge on any atom is -0.480 e. The SMILES string of the molecule is Cc1ccccc1SCC(N)(C(=O)O)C1CC1. The predicted molar refractivity (Wildman–Crippen MR) is 69.2 cm³/mol. The minimum atomic E-state index is -1.06. The van der Waals surface area contributed by atoms with Crippen LogP contribution < -0.4 is 5.73 Å². The summed E-state index contributed by atoms with van der Waals surface area (Å²) in [6, 6.07) is 7.98. The van der Waals surface area contributed by atoms with Gasteiger partial charge in [0, 0.05) is 10.6 Å². The van der Waals surface area contributed by atoms with E-state index in [0.717, 1.165) is 17.7 Å². The predicted octanol–water partition coefficient (Wildman–Crippen LogP) is 2.28. The van der Waals surface area contributed by atoms with Gasteiger partial charge in [-0.25, -0.2) is 0 Å². The monoisotopic (exact) mass is 251 g/mol. The van der Waals surface area contributed by atoms with E-state index in [4.69, 9.17) is 5.73 Å². The number of hydrogen-bond acceptors (Lipinski definition) is 3. The van der Waals surface area contributed by atoms with Crippen molar-refractivity contribution in [2.24, 2.45) is 11.7 Å². The van der Waals surface area contributed by atoms with Gasteiger partial charge < -0.3 is 10.8 Å². The number of rotatable bonds is 5. The van der Waals surface area contributed by atoms with Gasteiger partial charge in [-0.15, -0.1) is 11.8 Å². The fraction of sp³-hybridized carbons (Fsp3) is 0.462. The van der Waals surface area contributed by atoms with E-state index in [1.807, 2.05) is 31.2 Å². The molecule has 0 heterocycles. The summed E-state index contributed by atoms with van der Waals surface area (Å²) in [7, 11) is 0. The first kappa shape index (κ1) is 12.5. The maximum atomic E-state index is 11.3. The van der Waals surface area contributed by atoms with Crippen LogP contribution in [-0.4, -0.2) is 22.4 Å². The van der Waals surface area contributed by atoms with Gasteiger partial charge in [0.2, 0.25) is 0 Å². The molecule has 3 N–H and O–H groups in total. The Bertz CT molecular complexity index is 431. The first-order chi connectivity index (χ1) is 8.04. The van der Waals surface area contributed by atoms with Crippen molar-refractivity contribution in [2.75, 3.05) is 5.75 Å². The van der Waals surface area contributed by atoms with Crippen LogP contribution in [0.25, 0.3) is 0 Å². The highest BCUT2D eigenvalue weighted by Gasteiger charge is 2.48. The van der Waals surface area contributed by atoms with E-state index in [1.54, 1.807) is 11.8 Å². The molecule has 1 aliphatic rings. The average Bonchev–Trinajstić information content (AvgIpc) is 3.11. The molecular formula is C13H17NO2S. The number of aryl methyl sites for hydroxylation is 1. The van der Waals surface area contributed by atoms with E-state index in [-0.39, 0.29) is 5.92 Å². The third-order valence-electron chi connectivity index (χ3n) is 3.26. The summed E-state index contributed by atoms with van der Waals surface area (Å²) in [5, 5.41) is 9.25. The molecule has 4 heteroatoms. The van der Waals surface area contributed by atoms with Crippen LogP contribution in [0.1, 0.15) is 18.4 Å². The van der Waals surface area contributed by atoms with Gasteiger partial charge in [-0.1, -0.05) is 18.2 Å². The van der Waals surface area contributed by atoms with Crippen LogP contribution in [0.15, 0.2) is 29.2 Å². The molecule has 0 spiro atoms. The number of thioether (sulfide) groups is 1. The third-order valence-corrected chi connectivity index (χ3v) is 4.66. The van der Waals surface area contributed by atoms with Crippen molar-refractivity contribution in [1.82, 2.24) is 0 Å². The highest BCUT2D eigenvalue weighted by atomic mass is 32.2. The molecule has 1 saturated carbocycles. The standard InChI is InChI=1S/C13H17NO2S/c1-9-4-2-3-5-11(9)17-8-13(14,12(15)16)10-6-7-10/h2-5,10H,6-8,14H2,1H3,(H,15,16). The summed E-state index contributed by atoms with van der Waals surface area (Å²) in [5.41, 5.74) is 6.13. The Morgan fingerprint density at radius 2 is 2.18 bits per heavy atom. The number of hydrogen-bond donors (Lipinski definition) is 2. The second kappa shape index (κ2) is 4.70. The van der Waals surface area contributed by atoms with Crippen LogP contribution in [0.2, 0.25) is 0 Å². The molecule has 0 bridgehead atoms. The number of nitrogens with two attached hydrogens (primary N) is 1. The molecule has 0 aromatic heterocycles. The molecule has 0 amide bonds. The van der Waals surface area contributed by atoms with E-state index in [0.29, 0.717) is 5.75 Å². The molecule has 1 fully saturated rings. The number of carboxylic acid groups (broad SMARTS) is 1. The zero-order valence-electron chi connectivity index (χ0n) is 9.85. The summed E-state index contributed by atoms with van der Waals surface area (Å²) in [4.78, 5) is 12.4. The molecule has 1 aromatic carbocycles. The quantitative estimate of drug-likeness (QED) is 0.788. The Labute approximate surface area is 105 Å². The van der Waals surface area contributed by atoms with Gasteiger partial charge in [0.15, 0.2) is 0 Å². The normalized spacial score (nSPS) is 18.7. The highest BCUT2D eigenvalue weighted by Crippen LogP contribution is 2.41. The van der Waals surface area contributed by atoms with Crippen molar-refractivity contribution in [3.05, 3.63) is 29.8 Å². The van der Waals surface area contributed by atoms with Crippen LogP contribution in [-0.2, 0) is 4.79 Å². The molecule has 17 heavy (non-hydrogen) atoms. The lowest BCUT2D eigenvalue weighted by atomic mass is 9.98. The first-order valence-corrected chi connectivity index (χ1v) is 6.73. The van der Waals surface area contributed by atoms with Crippen LogP contribution >= 0.6 is 11.8 Å². The fourth-order valence-corrected chi connectivity index (χ4v) is 3.09. The summed E-state index contributed by atoms with van der Waals surface area (Å²) >= 11 is 1.54. The van der Waals surface area contributed by atoms with Gasteiger partial charge in [0.25, 0.3) is 0 Å². The van der Waals surface area contributed by atoms with E-state index >= 15 is 0 Å². The van der Waals surface area contributed by atoms with Crippen molar-refractivity contribution in [2.45, 2.75) is 30.2 Å². The number of carbonyl (C=O) groups is 1. The molecule has 0 aliphatic heterocycles. The Hall–Kier alpha value is -1.00. The number of carboxylic acids is 1. The first-order valence-electron chi connectivity index (χ1n) is 5.75. The molecular weight excluding hydrogens is 234 g/mol. The Balaban J connectivity index is 2.06. The van der Waals surface area contributed by atoms with Crippen molar-refractivity contribution in [1.29, 1.82) is 0 Å². The maximum absolute atomic E-state index is 11.3. The highest BCUT2D eigenvalue weighted by molar-refractivity contribution is 7.99. The van der Waals surface area contributed by atoms with Gasteiger partial charge in [-0.05, 0) is 37.3 Å². The molecule has 0 saturated heterocycles. The second-order valence-corrected chi connectivity index (χ2v) is 5.69. The summed E-state index contributed by atoms with van der Waals surface area (Å²) in [6.45, 7) is 2.03. The lowest BCUT2D eigenvalue weighted by Gasteiger charge is -2.24. The van der Waals surface area contributed by atoms with Gasteiger partial charge in [-0.2, -0.15) is 0 Å². The van der Waals surface area contributed by atoms with Gasteiger partial charge in [0.05, 0.1) is 0 Å². The van der Waals surface area contributed by atoms with Crippen LogP contribution in [0.3, 0.4) is 0 Å². The van der Waals surface area contributed by atoms with Crippen molar-refractivity contribution < 1.29 is 9.90 Å². The smallest absolute Gasteiger partial charge is 0.324 e.